The number of anilines is 1. The lowest BCUT2D eigenvalue weighted by molar-refractivity contribution is -0.125. The fourth-order valence-electron chi connectivity index (χ4n) is 2.84. The molecule has 150 valence electrons. The van der Waals surface area contributed by atoms with Crippen LogP contribution in [0.4, 0.5) is 5.69 Å². The third kappa shape index (κ3) is 5.71. The fraction of sp³-hybridized carbons (Fsp3) is 0.286. The largest absolute Gasteiger partial charge is 0.356 e. The first kappa shape index (κ1) is 20.2. The smallest absolute Gasteiger partial charge is 0.258 e. The summed E-state index contributed by atoms with van der Waals surface area (Å²) in [5, 5.41) is 6.70. The zero-order chi connectivity index (χ0) is 20.5. The summed E-state index contributed by atoms with van der Waals surface area (Å²) >= 11 is 0. The molecule has 0 fully saturated rings. The summed E-state index contributed by atoms with van der Waals surface area (Å²) in [6.45, 7) is 2.84. The molecular weight excluding hydrogens is 370 g/mol. The van der Waals surface area contributed by atoms with Crippen LogP contribution >= 0.6 is 0 Å². The van der Waals surface area contributed by atoms with Gasteiger partial charge in [-0.1, -0.05) is 23.4 Å². The Morgan fingerprint density at radius 3 is 2.55 bits per heavy atom. The number of benzene rings is 1. The van der Waals surface area contributed by atoms with Crippen LogP contribution in [-0.4, -0.2) is 40.0 Å². The van der Waals surface area contributed by atoms with Crippen LogP contribution in [0.3, 0.4) is 0 Å². The maximum atomic E-state index is 12.4. The highest BCUT2D eigenvalue weighted by Crippen LogP contribution is 2.16. The van der Waals surface area contributed by atoms with Gasteiger partial charge in [-0.3, -0.25) is 14.6 Å². The van der Waals surface area contributed by atoms with Crippen LogP contribution in [-0.2, 0) is 16.0 Å². The van der Waals surface area contributed by atoms with E-state index in [1.807, 2.05) is 37.3 Å². The third-order valence-electron chi connectivity index (χ3n) is 4.32. The van der Waals surface area contributed by atoms with E-state index in [9.17, 15) is 9.59 Å². The minimum Gasteiger partial charge on any atom is -0.356 e. The standard InChI is InChI=1S/C21H23N5O3/c1-2-26(17-6-4-3-5-7-17)20(28)9-8-19(27)23-15-12-18-24-21(29-25-18)16-10-13-22-14-11-16/h3-7,10-11,13-14H,2,8-9,12,15H2,1H3,(H,23,27). The molecule has 2 heterocycles. The maximum Gasteiger partial charge on any atom is 0.258 e. The van der Waals surface area contributed by atoms with Gasteiger partial charge >= 0.3 is 0 Å². The number of carbonyl (C=O) groups excluding carboxylic acids is 2. The number of para-hydroxylation sites is 1. The van der Waals surface area contributed by atoms with Gasteiger partial charge in [0, 0.05) is 56.0 Å². The van der Waals surface area contributed by atoms with E-state index in [-0.39, 0.29) is 24.7 Å². The molecule has 1 aromatic carbocycles. The minimum atomic E-state index is -0.180. The lowest BCUT2D eigenvalue weighted by atomic mass is 10.2. The molecule has 8 nitrogen and oxygen atoms in total. The van der Waals surface area contributed by atoms with Crippen LogP contribution in [0.2, 0.25) is 0 Å². The number of nitrogens with zero attached hydrogens (tertiary/aromatic N) is 4. The predicted molar refractivity (Wildman–Crippen MR) is 108 cm³/mol. The second kappa shape index (κ2) is 10.1. The van der Waals surface area contributed by atoms with Gasteiger partial charge in [-0.2, -0.15) is 4.98 Å². The molecule has 0 aliphatic heterocycles. The van der Waals surface area contributed by atoms with Gasteiger partial charge < -0.3 is 14.7 Å². The number of hydrogen-bond acceptors (Lipinski definition) is 6. The summed E-state index contributed by atoms with van der Waals surface area (Å²) in [6, 6.07) is 13.0. The Kier molecular flexibility index (Phi) is 7.05. The predicted octanol–water partition coefficient (Wildman–Crippen LogP) is 2.62. The van der Waals surface area contributed by atoms with Crippen molar-refractivity contribution in [3.8, 4) is 11.5 Å². The quantitative estimate of drug-likeness (QED) is 0.600. The van der Waals surface area contributed by atoms with Crippen molar-refractivity contribution < 1.29 is 14.1 Å². The van der Waals surface area contributed by atoms with E-state index >= 15 is 0 Å². The second-order valence-corrected chi connectivity index (χ2v) is 6.33. The van der Waals surface area contributed by atoms with E-state index in [1.165, 1.54) is 0 Å². The van der Waals surface area contributed by atoms with Gasteiger partial charge in [0.05, 0.1) is 0 Å². The number of rotatable bonds is 9. The molecule has 2 aromatic heterocycles. The van der Waals surface area contributed by atoms with E-state index in [4.69, 9.17) is 4.52 Å². The Balaban J connectivity index is 1.41. The van der Waals surface area contributed by atoms with Crippen molar-refractivity contribution in [2.75, 3.05) is 18.0 Å². The summed E-state index contributed by atoms with van der Waals surface area (Å²) in [4.78, 5) is 34.4. The summed E-state index contributed by atoms with van der Waals surface area (Å²) in [6.07, 6.45) is 4.04. The van der Waals surface area contributed by atoms with Crippen molar-refractivity contribution >= 4 is 17.5 Å². The lowest BCUT2D eigenvalue weighted by Crippen LogP contribution is -2.32. The Morgan fingerprint density at radius 2 is 1.83 bits per heavy atom. The molecule has 0 saturated carbocycles. The second-order valence-electron chi connectivity index (χ2n) is 6.33. The van der Waals surface area contributed by atoms with E-state index in [0.717, 1.165) is 11.3 Å². The number of pyridine rings is 1. The Hall–Kier alpha value is -3.55. The maximum absolute atomic E-state index is 12.4. The van der Waals surface area contributed by atoms with Gasteiger partial charge in [-0.15, -0.1) is 0 Å². The number of carbonyl (C=O) groups is 2. The normalized spacial score (nSPS) is 10.5. The van der Waals surface area contributed by atoms with Crippen LogP contribution in [0.5, 0.6) is 0 Å². The number of amides is 2. The number of nitrogens with one attached hydrogen (secondary N) is 1. The highest BCUT2D eigenvalue weighted by atomic mass is 16.5. The van der Waals surface area contributed by atoms with E-state index in [1.54, 1.807) is 29.4 Å². The number of hydrogen-bond donors (Lipinski definition) is 1. The van der Waals surface area contributed by atoms with Gasteiger partial charge in [-0.25, -0.2) is 0 Å². The summed E-state index contributed by atoms with van der Waals surface area (Å²) in [5.74, 6) is 0.670. The molecule has 0 spiro atoms. The SMILES string of the molecule is CCN(C(=O)CCC(=O)NCCc1noc(-c2ccncc2)n1)c1ccccc1. The topological polar surface area (TPSA) is 101 Å². The molecule has 0 atom stereocenters. The van der Waals surface area contributed by atoms with Gasteiger partial charge in [0.1, 0.15) is 0 Å². The van der Waals surface area contributed by atoms with Crippen molar-refractivity contribution in [2.24, 2.45) is 0 Å². The van der Waals surface area contributed by atoms with Crippen molar-refractivity contribution in [3.63, 3.8) is 0 Å². The van der Waals surface area contributed by atoms with Gasteiger partial charge in [0.2, 0.25) is 11.8 Å². The third-order valence-corrected chi connectivity index (χ3v) is 4.32. The van der Waals surface area contributed by atoms with E-state index < -0.39 is 0 Å². The first-order valence-electron chi connectivity index (χ1n) is 9.52. The molecule has 3 aromatic rings. The van der Waals surface area contributed by atoms with Gasteiger partial charge in [-0.05, 0) is 31.2 Å². The van der Waals surface area contributed by atoms with Crippen LogP contribution in [0.25, 0.3) is 11.5 Å². The van der Waals surface area contributed by atoms with Crippen LogP contribution in [0.1, 0.15) is 25.6 Å². The molecule has 8 heteroatoms. The Bertz CT molecular complexity index is 928. The molecule has 2 amide bonds. The molecule has 0 radical (unpaired) electrons. The van der Waals surface area contributed by atoms with Crippen LogP contribution in [0, 0.1) is 0 Å². The molecule has 0 aliphatic rings. The molecular formula is C21H23N5O3. The lowest BCUT2D eigenvalue weighted by Gasteiger charge is -2.20. The summed E-state index contributed by atoms with van der Waals surface area (Å²) in [7, 11) is 0. The average Bonchev–Trinajstić information content (AvgIpc) is 3.23. The van der Waals surface area contributed by atoms with Gasteiger partial charge in [0.25, 0.3) is 5.89 Å². The minimum absolute atomic E-state index is 0.0750. The molecule has 0 aliphatic carbocycles. The van der Waals surface area contributed by atoms with Crippen LogP contribution in [0.15, 0.2) is 59.4 Å². The zero-order valence-corrected chi connectivity index (χ0v) is 16.2. The Morgan fingerprint density at radius 1 is 1.07 bits per heavy atom. The molecule has 0 unspecified atom stereocenters. The monoisotopic (exact) mass is 393 g/mol. The fourth-order valence-corrected chi connectivity index (χ4v) is 2.84. The van der Waals surface area contributed by atoms with Crippen molar-refractivity contribution in [2.45, 2.75) is 26.2 Å². The molecule has 1 N–H and O–H groups in total. The number of aromatic nitrogens is 3. The summed E-state index contributed by atoms with van der Waals surface area (Å²) < 4.78 is 5.22. The van der Waals surface area contributed by atoms with Crippen LogP contribution < -0.4 is 10.2 Å². The molecule has 29 heavy (non-hydrogen) atoms. The molecule has 0 saturated heterocycles. The first-order chi connectivity index (χ1) is 14.2. The van der Waals surface area contributed by atoms with Gasteiger partial charge in [0.15, 0.2) is 5.82 Å². The van der Waals surface area contributed by atoms with Crippen molar-refractivity contribution in [1.29, 1.82) is 0 Å². The highest BCUT2D eigenvalue weighted by Gasteiger charge is 2.15. The highest BCUT2D eigenvalue weighted by molar-refractivity contribution is 5.95. The molecule has 0 bridgehead atoms. The zero-order valence-electron chi connectivity index (χ0n) is 16.2. The van der Waals surface area contributed by atoms with Crippen molar-refractivity contribution in [3.05, 3.63) is 60.7 Å². The Labute approximate surface area is 169 Å². The summed E-state index contributed by atoms with van der Waals surface area (Å²) in [5.41, 5.74) is 1.63. The first-order valence-corrected chi connectivity index (χ1v) is 9.52. The van der Waals surface area contributed by atoms with E-state index in [2.05, 4.69) is 20.4 Å². The van der Waals surface area contributed by atoms with Crippen molar-refractivity contribution in [1.82, 2.24) is 20.4 Å². The average molecular weight is 393 g/mol. The van der Waals surface area contributed by atoms with E-state index in [0.29, 0.717) is 31.2 Å². The molecule has 3 rings (SSSR count).